The van der Waals surface area contributed by atoms with Crippen LogP contribution in [0.3, 0.4) is 0 Å². The summed E-state index contributed by atoms with van der Waals surface area (Å²) < 4.78 is 5.60. The van der Waals surface area contributed by atoms with E-state index >= 15 is 0 Å². The van der Waals surface area contributed by atoms with Gasteiger partial charge < -0.3 is 10.1 Å². The zero-order valence-electron chi connectivity index (χ0n) is 12.5. The monoisotopic (exact) mass is 337 g/mol. The van der Waals surface area contributed by atoms with Crippen molar-refractivity contribution in [3.63, 3.8) is 0 Å². The number of amides is 1. The second-order valence-electron chi connectivity index (χ2n) is 4.91. The van der Waals surface area contributed by atoms with E-state index in [1.165, 1.54) is 0 Å². The maximum Gasteiger partial charge on any atom is 0.259 e. The minimum Gasteiger partial charge on any atom is -0.493 e. The number of benzene rings is 2. The van der Waals surface area contributed by atoms with Crippen molar-refractivity contribution in [2.75, 3.05) is 11.9 Å². The molecule has 0 fully saturated rings. The van der Waals surface area contributed by atoms with Crippen LogP contribution in [0.25, 0.3) is 0 Å². The first-order valence-corrected chi connectivity index (χ1v) is 7.76. The van der Waals surface area contributed by atoms with Gasteiger partial charge in [-0.25, -0.2) is 0 Å². The fraction of sp³-hybridized carbons (Fsp3) is 0.235. The van der Waals surface area contributed by atoms with E-state index in [1.54, 1.807) is 30.3 Å². The van der Waals surface area contributed by atoms with Crippen LogP contribution in [-0.2, 0) is 0 Å². The molecule has 0 saturated carbocycles. The zero-order chi connectivity index (χ0) is 16.1. The van der Waals surface area contributed by atoms with E-state index in [9.17, 15) is 4.79 Å². The van der Waals surface area contributed by atoms with Crippen molar-refractivity contribution in [2.45, 2.75) is 20.3 Å². The number of hydrogen-bond donors (Lipinski definition) is 1. The average Bonchev–Trinajstić information content (AvgIpc) is 2.49. The molecule has 2 aromatic carbocycles. The van der Waals surface area contributed by atoms with Gasteiger partial charge in [0.05, 0.1) is 12.2 Å². The highest BCUT2D eigenvalue weighted by atomic mass is 35.5. The summed E-state index contributed by atoms with van der Waals surface area (Å²) in [5.41, 5.74) is 1.98. The third-order valence-electron chi connectivity index (χ3n) is 3.08. The minimum absolute atomic E-state index is 0.284. The molecule has 22 heavy (non-hydrogen) atoms. The largest absolute Gasteiger partial charge is 0.493 e. The Balaban J connectivity index is 2.24. The summed E-state index contributed by atoms with van der Waals surface area (Å²) in [6.07, 6.45) is 0.858. The van der Waals surface area contributed by atoms with Gasteiger partial charge in [-0.3, -0.25) is 4.79 Å². The van der Waals surface area contributed by atoms with Crippen molar-refractivity contribution >= 4 is 34.8 Å². The number of nitrogens with one attached hydrogen (secondary N) is 1. The Kier molecular flexibility index (Phi) is 5.69. The first kappa shape index (κ1) is 16.7. The first-order valence-electron chi connectivity index (χ1n) is 7.01. The third kappa shape index (κ3) is 4.15. The van der Waals surface area contributed by atoms with Gasteiger partial charge in [-0.15, -0.1) is 0 Å². The van der Waals surface area contributed by atoms with Crippen molar-refractivity contribution < 1.29 is 9.53 Å². The van der Waals surface area contributed by atoms with E-state index in [0.717, 1.165) is 12.0 Å². The molecule has 116 valence electrons. The Bertz CT molecular complexity index is 686. The fourth-order valence-corrected chi connectivity index (χ4v) is 2.24. The number of carbonyl (C=O) groups is 1. The smallest absolute Gasteiger partial charge is 0.259 e. The first-order chi connectivity index (χ1) is 10.5. The lowest BCUT2D eigenvalue weighted by atomic mass is 10.1. The number of rotatable bonds is 5. The molecular weight excluding hydrogens is 321 g/mol. The Labute approximate surface area is 140 Å². The van der Waals surface area contributed by atoms with Crippen LogP contribution >= 0.6 is 23.2 Å². The van der Waals surface area contributed by atoms with Gasteiger partial charge in [0.1, 0.15) is 5.75 Å². The van der Waals surface area contributed by atoms with Gasteiger partial charge in [0.15, 0.2) is 0 Å². The van der Waals surface area contributed by atoms with Crippen molar-refractivity contribution in [2.24, 2.45) is 0 Å². The highest BCUT2D eigenvalue weighted by molar-refractivity contribution is 6.32. The molecule has 0 aliphatic heterocycles. The van der Waals surface area contributed by atoms with Gasteiger partial charge in [-0.1, -0.05) is 36.2 Å². The maximum atomic E-state index is 12.5. The number of ether oxygens (including phenoxy) is 1. The lowest BCUT2D eigenvalue weighted by Gasteiger charge is -2.12. The van der Waals surface area contributed by atoms with E-state index in [4.69, 9.17) is 27.9 Å². The van der Waals surface area contributed by atoms with Gasteiger partial charge >= 0.3 is 0 Å². The molecule has 2 aromatic rings. The number of hydrogen-bond acceptors (Lipinski definition) is 2. The number of aryl methyl sites for hydroxylation is 1. The Morgan fingerprint density at radius 2 is 1.95 bits per heavy atom. The number of carbonyl (C=O) groups excluding carboxylic acids is 1. The molecule has 2 rings (SSSR count). The molecule has 0 aliphatic rings. The summed E-state index contributed by atoms with van der Waals surface area (Å²) in [6, 6.07) is 10.4. The Morgan fingerprint density at radius 3 is 2.64 bits per heavy atom. The van der Waals surface area contributed by atoms with Gasteiger partial charge in [0.25, 0.3) is 5.91 Å². The summed E-state index contributed by atoms with van der Waals surface area (Å²) in [5, 5.41) is 3.89. The Hall–Kier alpha value is -1.71. The predicted octanol–water partition coefficient (Wildman–Crippen LogP) is 5.34. The SMILES string of the molecule is CCCOc1ccc(Cl)cc1C(=O)Nc1ccc(C)c(Cl)c1. The zero-order valence-corrected chi connectivity index (χ0v) is 14.0. The average molecular weight is 338 g/mol. The second-order valence-corrected chi connectivity index (χ2v) is 5.75. The molecule has 1 N–H and O–H groups in total. The molecule has 0 unspecified atom stereocenters. The second kappa shape index (κ2) is 7.52. The van der Waals surface area contributed by atoms with Crippen LogP contribution in [0.5, 0.6) is 5.75 Å². The van der Waals surface area contributed by atoms with Crippen LogP contribution < -0.4 is 10.1 Å². The number of anilines is 1. The standard InChI is InChI=1S/C17H17Cl2NO2/c1-3-8-22-16-7-5-12(18)9-14(16)17(21)20-13-6-4-11(2)15(19)10-13/h4-7,9-10H,3,8H2,1-2H3,(H,20,21). The number of halogens is 2. The molecule has 0 spiro atoms. The lowest BCUT2D eigenvalue weighted by Crippen LogP contribution is -2.14. The molecular formula is C17H17Cl2NO2. The molecule has 0 radical (unpaired) electrons. The molecule has 0 bridgehead atoms. The minimum atomic E-state index is -0.284. The highest BCUT2D eigenvalue weighted by Gasteiger charge is 2.14. The van der Waals surface area contributed by atoms with Crippen LogP contribution in [0.2, 0.25) is 10.0 Å². The van der Waals surface area contributed by atoms with Crippen molar-refractivity contribution in [1.29, 1.82) is 0 Å². The van der Waals surface area contributed by atoms with E-state index in [1.807, 2.05) is 19.9 Å². The van der Waals surface area contributed by atoms with Crippen molar-refractivity contribution in [1.82, 2.24) is 0 Å². The summed E-state index contributed by atoms with van der Waals surface area (Å²) >= 11 is 12.1. The van der Waals surface area contributed by atoms with Crippen LogP contribution in [0.1, 0.15) is 29.3 Å². The van der Waals surface area contributed by atoms with E-state index < -0.39 is 0 Å². The highest BCUT2D eigenvalue weighted by Crippen LogP contribution is 2.25. The molecule has 5 heteroatoms. The summed E-state index contributed by atoms with van der Waals surface area (Å²) in [6.45, 7) is 4.45. The van der Waals surface area contributed by atoms with E-state index in [-0.39, 0.29) is 5.91 Å². The quantitative estimate of drug-likeness (QED) is 0.799. The van der Waals surface area contributed by atoms with Crippen molar-refractivity contribution in [3.05, 3.63) is 57.6 Å². The van der Waals surface area contributed by atoms with E-state index in [2.05, 4.69) is 5.32 Å². The lowest BCUT2D eigenvalue weighted by molar-refractivity contribution is 0.102. The molecule has 0 saturated heterocycles. The fourth-order valence-electron chi connectivity index (χ4n) is 1.89. The van der Waals surface area contributed by atoms with Gasteiger partial charge in [-0.2, -0.15) is 0 Å². The molecule has 0 aromatic heterocycles. The third-order valence-corrected chi connectivity index (χ3v) is 3.72. The normalized spacial score (nSPS) is 10.4. The van der Waals surface area contributed by atoms with Crippen molar-refractivity contribution in [3.8, 4) is 5.75 Å². The summed E-state index contributed by atoms with van der Waals surface area (Å²) in [5.74, 6) is 0.232. The van der Waals surface area contributed by atoms with E-state index in [0.29, 0.717) is 33.7 Å². The summed E-state index contributed by atoms with van der Waals surface area (Å²) in [4.78, 5) is 12.5. The van der Waals surface area contributed by atoms with Crippen LogP contribution in [-0.4, -0.2) is 12.5 Å². The molecule has 1 amide bonds. The van der Waals surface area contributed by atoms with Crippen LogP contribution in [0.4, 0.5) is 5.69 Å². The van der Waals surface area contributed by atoms with Crippen LogP contribution in [0, 0.1) is 6.92 Å². The van der Waals surface area contributed by atoms with Crippen LogP contribution in [0.15, 0.2) is 36.4 Å². The molecule has 0 heterocycles. The Morgan fingerprint density at radius 1 is 1.18 bits per heavy atom. The van der Waals surface area contributed by atoms with Gasteiger partial charge in [0, 0.05) is 15.7 Å². The predicted molar refractivity (Wildman–Crippen MR) is 91.4 cm³/mol. The topological polar surface area (TPSA) is 38.3 Å². The molecule has 0 atom stereocenters. The summed E-state index contributed by atoms with van der Waals surface area (Å²) in [7, 11) is 0. The maximum absolute atomic E-state index is 12.5. The molecule has 3 nitrogen and oxygen atoms in total. The van der Waals surface area contributed by atoms with Gasteiger partial charge in [0.2, 0.25) is 0 Å². The van der Waals surface area contributed by atoms with Gasteiger partial charge in [-0.05, 0) is 49.2 Å². The molecule has 0 aliphatic carbocycles.